The lowest BCUT2D eigenvalue weighted by Gasteiger charge is -2.24. The maximum absolute atomic E-state index is 12.9. The molecule has 1 N–H and O–H groups in total. The molecule has 0 bridgehead atoms. The standard InChI is InChI=1S/C16H27FN2/c1-5-19(15-8-6-14(17)7-9-15)13-12-18-11-10-16(2,3)4/h6-9,18H,5,10-13H2,1-4H3. The molecule has 2 nitrogen and oxygen atoms in total. The third-order valence-electron chi connectivity index (χ3n) is 3.18. The van der Waals surface area contributed by atoms with E-state index >= 15 is 0 Å². The normalized spacial score (nSPS) is 11.6. The van der Waals surface area contributed by atoms with Gasteiger partial charge in [-0.05, 0) is 49.6 Å². The van der Waals surface area contributed by atoms with E-state index in [9.17, 15) is 4.39 Å². The van der Waals surface area contributed by atoms with Crippen molar-refractivity contribution < 1.29 is 4.39 Å². The SMILES string of the molecule is CCN(CCNCCC(C)(C)C)c1ccc(F)cc1. The van der Waals surface area contributed by atoms with Crippen LogP contribution in [0.2, 0.25) is 0 Å². The van der Waals surface area contributed by atoms with Crippen molar-refractivity contribution in [1.82, 2.24) is 5.32 Å². The molecular weight excluding hydrogens is 239 g/mol. The molecule has 3 heteroatoms. The Morgan fingerprint density at radius 2 is 1.74 bits per heavy atom. The first-order chi connectivity index (χ1) is 8.92. The van der Waals surface area contributed by atoms with Gasteiger partial charge in [-0.2, -0.15) is 0 Å². The minimum Gasteiger partial charge on any atom is -0.371 e. The van der Waals surface area contributed by atoms with E-state index in [1.807, 2.05) is 12.1 Å². The molecule has 108 valence electrons. The Morgan fingerprint density at radius 3 is 2.26 bits per heavy atom. The summed E-state index contributed by atoms with van der Waals surface area (Å²) in [6, 6.07) is 6.72. The second-order valence-electron chi connectivity index (χ2n) is 6.12. The van der Waals surface area contributed by atoms with Crippen molar-refractivity contribution in [2.75, 3.05) is 31.1 Å². The van der Waals surface area contributed by atoms with Crippen LogP contribution in [0, 0.1) is 11.2 Å². The summed E-state index contributed by atoms with van der Waals surface area (Å²) < 4.78 is 12.9. The number of hydrogen-bond acceptors (Lipinski definition) is 2. The number of halogens is 1. The Morgan fingerprint density at radius 1 is 1.11 bits per heavy atom. The molecule has 0 aliphatic rings. The van der Waals surface area contributed by atoms with Gasteiger partial charge in [-0.3, -0.25) is 0 Å². The van der Waals surface area contributed by atoms with Crippen LogP contribution in [-0.2, 0) is 0 Å². The Balaban J connectivity index is 2.31. The second kappa shape index (κ2) is 7.49. The van der Waals surface area contributed by atoms with Crippen LogP contribution >= 0.6 is 0 Å². The van der Waals surface area contributed by atoms with Crippen LogP contribution in [-0.4, -0.2) is 26.2 Å². The van der Waals surface area contributed by atoms with Crippen LogP contribution in [0.15, 0.2) is 24.3 Å². The van der Waals surface area contributed by atoms with Gasteiger partial charge in [-0.15, -0.1) is 0 Å². The molecule has 0 spiro atoms. The summed E-state index contributed by atoms with van der Waals surface area (Å²) in [6.45, 7) is 12.8. The summed E-state index contributed by atoms with van der Waals surface area (Å²) >= 11 is 0. The summed E-state index contributed by atoms with van der Waals surface area (Å²) in [4.78, 5) is 2.25. The summed E-state index contributed by atoms with van der Waals surface area (Å²) in [6.07, 6.45) is 1.18. The fourth-order valence-electron chi connectivity index (χ4n) is 1.92. The molecule has 0 heterocycles. The summed E-state index contributed by atoms with van der Waals surface area (Å²) in [5, 5.41) is 3.47. The topological polar surface area (TPSA) is 15.3 Å². The van der Waals surface area contributed by atoms with Gasteiger partial charge in [0.1, 0.15) is 5.82 Å². The fraction of sp³-hybridized carbons (Fsp3) is 0.625. The van der Waals surface area contributed by atoms with Crippen LogP contribution < -0.4 is 10.2 Å². The molecule has 0 aliphatic heterocycles. The molecule has 0 saturated heterocycles. The van der Waals surface area contributed by atoms with E-state index in [2.05, 4.69) is 37.9 Å². The van der Waals surface area contributed by atoms with E-state index in [0.717, 1.165) is 31.9 Å². The van der Waals surface area contributed by atoms with Gasteiger partial charge < -0.3 is 10.2 Å². The van der Waals surface area contributed by atoms with E-state index in [0.29, 0.717) is 5.41 Å². The minimum absolute atomic E-state index is 0.178. The van der Waals surface area contributed by atoms with Crippen molar-refractivity contribution in [3.05, 3.63) is 30.1 Å². The molecule has 0 fully saturated rings. The smallest absolute Gasteiger partial charge is 0.123 e. The van der Waals surface area contributed by atoms with Crippen molar-refractivity contribution in [3.63, 3.8) is 0 Å². The second-order valence-corrected chi connectivity index (χ2v) is 6.12. The van der Waals surface area contributed by atoms with Gasteiger partial charge >= 0.3 is 0 Å². The Labute approximate surface area is 117 Å². The molecule has 1 aromatic carbocycles. The highest BCUT2D eigenvalue weighted by Gasteiger charge is 2.09. The van der Waals surface area contributed by atoms with Crippen molar-refractivity contribution in [2.45, 2.75) is 34.1 Å². The summed E-state index contributed by atoms with van der Waals surface area (Å²) in [7, 11) is 0. The first-order valence-electron chi connectivity index (χ1n) is 7.13. The fourth-order valence-corrected chi connectivity index (χ4v) is 1.92. The monoisotopic (exact) mass is 266 g/mol. The van der Waals surface area contributed by atoms with Crippen LogP contribution in [0.3, 0.4) is 0 Å². The Kier molecular flexibility index (Phi) is 6.29. The van der Waals surface area contributed by atoms with Crippen molar-refractivity contribution in [2.24, 2.45) is 5.41 Å². The Hall–Kier alpha value is -1.09. The van der Waals surface area contributed by atoms with Crippen LogP contribution in [0.5, 0.6) is 0 Å². The minimum atomic E-state index is -0.178. The zero-order chi connectivity index (χ0) is 14.3. The van der Waals surface area contributed by atoms with Crippen molar-refractivity contribution >= 4 is 5.69 Å². The third kappa shape index (κ3) is 6.58. The predicted molar refractivity (Wildman–Crippen MR) is 81.2 cm³/mol. The number of benzene rings is 1. The van der Waals surface area contributed by atoms with Gasteiger partial charge in [0.25, 0.3) is 0 Å². The van der Waals surface area contributed by atoms with Crippen LogP contribution in [0.4, 0.5) is 10.1 Å². The van der Waals surface area contributed by atoms with Gasteiger partial charge in [0, 0.05) is 25.3 Å². The van der Waals surface area contributed by atoms with Crippen LogP contribution in [0.1, 0.15) is 34.1 Å². The van der Waals surface area contributed by atoms with Gasteiger partial charge in [-0.25, -0.2) is 4.39 Å². The average molecular weight is 266 g/mol. The maximum Gasteiger partial charge on any atom is 0.123 e. The van der Waals surface area contributed by atoms with Gasteiger partial charge in [0.05, 0.1) is 0 Å². The lowest BCUT2D eigenvalue weighted by Crippen LogP contribution is -2.33. The highest BCUT2D eigenvalue weighted by Crippen LogP contribution is 2.17. The highest BCUT2D eigenvalue weighted by molar-refractivity contribution is 5.46. The predicted octanol–water partition coefficient (Wildman–Crippen LogP) is 3.68. The lowest BCUT2D eigenvalue weighted by molar-refractivity contribution is 0.368. The van der Waals surface area contributed by atoms with Crippen LogP contribution in [0.25, 0.3) is 0 Å². The quantitative estimate of drug-likeness (QED) is 0.757. The largest absolute Gasteiger partial charge is 0.371 e. The molecule has 0 radical (unpaired) electrons. The molecular formula is C16H27FN2. The molecule has 19 heavy (non-hydrogen) atoms. The van der Waals surface area contributed by atoms with Gasteiger partial charge in [-0.1, -0.05) is 20.8 Å². The number of rotatable bonds is 7. The Bertz CT molecular complexity index is 354. The number of hydrogen-bond donors (Lipinski definition) is 1. The first kappa shape index (κ1) is 16.0. The van der Waals surface area contributed by atoms with E-state index in [1.54, 1.807) is 0 Å². The molecule has 0 atom stereocenters. The third-order valence-corrected chi connectivity index (χ3v) is 3.18. The van der Waals surface area contributed by atoms with E-state index in [1.165, 1.54) is 18.6 Å². The number of anilines is 1. The average Bonchev–Trinajstić information content (AvgIpc) is 2.34. The molecule has 1 rings (SSSR count). The van der Waals surface area contributed by atoms with Gasteiger partial charge in [0.15, 0.2) is 0 Å². The molecule has 0 amide bonds. The molecule has 0 aliphatic carbocycles. The molecule has 0 unspecified atom stereocenters. The van der Waals surface area contributed by atoms with Crippen molar-refractivity contribution in [3.8, 4) is 0 Å². The number of nitrogens with zero attached hydrogens (tertiary/aromatic N) is 1. The molecule has 1 aromatic rings. The van der Waals surface area contributed by atoms with Crippen molar-refractivity contribution in [1.29, 1.82) is 0 Å². The zero-order valence-corrected chi connectivity index (χ0v) is 12.7. The molecule has 0 aromatic heterocycles. The highest BCUT2D eigenvalue weighted by atomic mass is 19.1. The lowest BCUT2D eigenvalue weighted by atomic mass is 9.92. The number of likely N-dealkylation sites (N-methyl/N-ethyl adjacent to an activating group) is 1. The summed E-state index contributed by atoms with van der Waals surface area (Å²) in [5.74, 6) is -0.178. The number of nitrogens with one attached hydrogen (secondary N) is 1. The molecule has 0 saturated carbocycles. The van der Waals surface area contributed by atoms with Gasteiger partial charge in [0.2, 0.25) is 0 Å². The first-order valence-corrected chi connectivity index (χ1v) is 7.13. The van der Waals surface area contributed by atoms with E-state index in [-0.39, 0.29) is 5.82 Å². The zero-order valence-electron chi connectivity index (χ0n) is 12.7. The van der Waals surface area contributed by atoms with E-state index in [4.69, 9.17) is 0 Å². The summed E-state index contributed by atoms with van der Waals surface area (Å²) in [5.41, 5.74) is 1.47. The maximum atomic E-state index is 12.9. The van der Waals surface area contributed by atoms with E-state index < -0.39 is 0 Å².